The molecule has 1 aliphatic heterocycles. The van der Waals surface area contributed by atoms with Crippen molar-refractivity contribution in [3.63, 3.8) is 0 Å². The van der Waals surface area contributed by atoms with Gasteiger partial charge in [0.1, 0.15) is 0 Å². The highest BCUT2D eigenvalue weighted by Crippen LogP contribution is 2.14. The van der Waals surface area contributed by atoms with Gasteiger partial charge in [0.25, 0.3) is 0 Å². The van der Waals surface area contributed by atoms with Gasteiger partial charge in [0, 0.05) is 24.3 Å². The van der Waals surface area contributed by atoms with Gasteiger partial charge in [-0.15, -0.1) is 6.58 Å². The molecule has 86 valence electrons. The number of aliphatic imine (C=N–C) groups is 1. The summed E-state index contributed by atoms with van der Waals surface area (Å²) in [7, 11) is 0. The third kappa shape index (κ3) is 4.73. The van der Waals surface area contributed by atoms with Crippen molar-refractivity contribution in [2.24, 2.45) is 4.99 Å². The van der Waals surface area contributed by atoms with Gasteiger partial charge in [-0.05, 0) is 18.9 Å². The molecule has 1 N–H and O–H groups in total. The molecule has 3 nitrogen and oxygen atoms in total. The van der Waals surface area contributed by atoms with Gasteiger partial charge >= 0.3 is 5.97 Å². The highest BCUT2D eigenvalue weighted by Gasteiger charge is 2.05. The lowest BCUT2D eigenvalue weighted by atomic mass is 10.1. The first-order valence-corrected chi connectivity index (χ1v) is 5.48. The van der Waals surface area contributed by atoms with Crippen LogP contribution in [0.2, 0.25) is 0 Å². The molecule has 0 aromatic carbocycles. The Labute approximate surface area is 95.9 Å². The van der Waals surface area contributed by atoms with Gasteiger partial charge in [-0.1, -0.05) is 18.2 Å². The molecule has 0 aromatic rings. The fraction of sp³-hybridized carbons (Fsp3) is 0.385. The fourth-order valence-corrected chi connectivity index (χ4v) is 1.45. The molecule has 0 fully saturated rings. The Balaban J connectivity index is 2.50. The Kier molecular flexibility index (Phi) is 5.26. The molecular formula is C13H17NO2. The van der Waals surface area contributed by atoms with E-state index in [1.54, 1.807) is 0 Å². The third-order valence-corrected chi connectivity index (χ3v) is 2.27. The second-order valence-corrected chi connectivity index (χ2v) is 3.66. The average molecular weight is 219 g/mol. The van der Waals surface area contributed by atoms with Crippen LogP contribution < -0.4 is 0 Å². The quantitative estimate of drug-likeness (QED) is 0.551. The van der Waals surface area contributed by atoms with Gasteiger partial charge in [0.2, 0.25) is 0 Å². The van der Waals surface area contributed by atoms with Crippen molar-refractivity contribution in [2.45, 2.75) is 32.1 Å². The van der Waals surface area contributed by atoms with E-state index in [1.165, 1.54) is 0 Å². The normalized spacial score (nSPS) is 17.2. The van der Waals surface area contributed by atoms with Crippen LogP contribution >= 0.6 is 0 Å². The first kappa shape index (κ1) is 12.4. The SMILES string of the molecule is C=CCC/C=C1\CC=CC(CCC(=O)O)=N1. The van der Waals surface area contributed by atoms with Crippen molar-refractivity contribution in [1.82, 2.24) is 0 Å². The van der Waals surface area contributed by atoms with Crippen molar-refractivity contribution in [3.8, 4) is 0 Å². The number of rotatable bonds is 6. The van der Waals surface area contributed by atoms with Crippen molar-refractivity contribution in [1.29, 1.82) is 0 Å². The van der Waals surface area contributed by atoms with Gasteiger partial charge in [-0.3, -0.25) is 9.79 Å². The van der Waals surface area contributed by atoms with Gasteiger partial charge in [0.15, 0.2) is 0 Å². The zero-order valence-corrected chi connectivity index (χ0v) is 9.35. The summed E-state index contributed by atoms with van der Waals surface area (Å²) in [5.74, 6) is -0.779. The van der Waals surface area contributed by atoms with Crippen LogP contribution in [-0.4, -0.2) is 16.8 Å². The van der Waals surface area contributed by atoms with E-state index in [4.69, 9.17) is 5.11 Å². The van der Waals surface area contributed by atoms with Crippen LogP contribution in [-0.2, 0) is 4.79 Å². The Morgan fingerprint density at radius 2 is 2.38 bits per heavy atom. The van der Waals surface area contributed by atoms with Gasteiger partial charge < -0.3 is 5.11 Å². The monoisotopic (exact) mass is 219 g/mol. The van der Waals surface area contributed by atoms with E-state index in [2.05, 4.69) is 17.6 Å². The molecule has 1 aliphatic rings. The van der Waals surface area contributed by atoms with E-state index in [0.717, 1.165) is 30.7 Å². The van der Waals surface area contributed by atoms with Crippen molar-refractivity contribution in [3.05, 3.63) is 36.6 Å². The largest absolute Gasteiger partial charge is 0.481 e. The Morgan fingerprint density at radius 1 is 1.56 bits per heavy atom. The van der Waals surface area contributed by atoms with Gasteiger partial charge in [-0.25, -0.2) is 0 Å². The Bertz CT molecular complexity index is 351. The maximum Gasteiger partial charge on any atom is 0.303 e. The van der Waals surface area contributed by atoms with Crippen LogP contribution in [0.4, 0.5) is 0 Å². The molecule has 0 saturated heterocycles. The molecule has 0 aromatic heterocycles. The number of nitrogens with zero attached hydrogens (tertiary/aromatic N) is 1. The zero-order valence-electron chi connectivity index (χ0n) is 9.35. The maximum atomic E-state index is 10.4. The average Bonchev–Trinajstić information content (AvgIpc) is 2.27. The number of dihydropyridines is 1. The molecule has 0 saturated carbocycles. The molecule has 1 rings (SSSR count). The van der Waals surface area contributed by atoms with Crippen LogP contribution in [0, 0.1) is 0 Å². The number of carboxylic acids is 1. The van der Waals surface area contributed by atoms with Crippen molar-refractivity contribution < 1.29 is 9.90 Å². The summed E-state index contributed by atoms with van der Waals surface area (Å²) in [4.78, 5) is 14.8. The summed E-state index contributed by atoms with van der Waals surface area (Å²) in [5, 5.41) is 8.58. The standard InChI is InChI=1S/C13H17NO2/c1-2-3-4-6-11-7-5-8-12(14-11)9-10-13(15)16/h2,5-6,8H,1,3-4,7,9-10H2,(H,15,16)/b11-6+. The van der Waals surface area contributed by atoms with Crippen LogP contribution in [0.5, 0.6) is 0 Å². The third-order valence-electron chi connectivity index (χ3n) is 2.27. The number of hydrogen-bond donors (Lipinski definition) is 1. The molecule has 0 bridgehead atoms. The molecular weight excluding hydrogens is 202 g/mol. The molecule has 0 spiro atoms. The maximum absolute atomic E-state index is 10.4. The van der Waals surface area contributed by atoms with E-state index in [0.29, 0.717) is 6.42 Å². The number of allylic oxidation sites excluding steroid dienone is 4. The van der Waals surface area contributed by atoms with Crippen LogP contribution in [0.3, 0.4) is 0 Å². The summed E-state index contributed by atoms with van der Waals surface area (Å²) in [6.07, 6.45) is 11.3. The van der Waals surface area contributed by atoms with Crippen molar-refractivity contribution >= 4 is 11.7 Å². The van der Waals surface area contributed by atoms with Gasteiger partial charge in [0.05, 0.1) is 6.42 Å². The van der Waals surface area contributed by atoms with E-state index in [-0.39, 0.29) is 6.42 Å². The summed E-state index contributed by atoms with van der Waals surface area (Å²) in [6.45, 7) is 3.66. The Hall–Kier alpha value is -1.64. The predicted molar refractivity (Wildman–Crippen MR) is 65.6 cm³/mol. The van der Waals surface area contributed by atoms with E-state index < -0.39 is 5.97 Å². The topological polar surface area (TPSA) is 49.7 Å². The van der Waals surface area contributed by atoms with E-state index >= 15 is 0 Å². The highest BCUT2D eigenvalue weighted by atomic mass is 16.4. The summed E-state index contributed by atoms with van der Waals surface area (Å²) in [5.41, 5.74) is 1.89. The lowest BCUT2D eigenvalue weighted by Crippen LogP contribution is -2.03. The smallest absolute Gasteiger partial charge is 0.303 e. The minimum absolute atomic E-state index is 0.142. The molecule has 16 heavy (non-hydrogen) atoms. The van der Waals surface area contributed by atoms with Crippen molar-refractivity contribution in [2.75, 3.05) is 0 Å². The Morgan fingerprint density at radius 3 is 3.06 bits per heavy atom. The van der Waals surface area contributed by atoms with Crippen LogP contribution in [0.25, 0.3) is 0 Å². The molecule has 0 amide bonds. The molecule has 0 aliphatic carbocycles. The molecule has 0 radical (unpaired) electrons. The first-order valence-electron chi connectivity index (χ1n) is 5.48. The number of carboxylic acid groups (broad SMARTS) is 1. The zero-order chi connectivity index (χ0) is 11.8. The lowest BCUT2D eigenvalue weighted by Gasteiger charge is -2.07. The van der Waals surface area contributed by atoms with Crippen LogP contribution in [0.1, 0.15) is 32.1 Å². The van der Waals surface area contributed by atoms with E-state index in [1.807, 2.05) is 18.2 Å². The lowest BCUT2D eigenvalue weighted by molar-refractivity contribution is -0.136. The molecule has 1 heterocycles. The summed E-state index contributed by atoms with van der Waals surface area (Å²) in [6, 6.07) is 0. The fourth-order valence-electron chi connectivity index (χ4n) is 1.45. The first-order chi connectivity index (χ1) is 7.72. The molecule has 0 unspecified atom stereocenters. The minimum atomic E-state index is -0.779. The number of unbranched alkanes of at least 4 members (excludes halogenated alkanes) is 1. The van der Waals surface area contributed by atoms with E-state index in [9.17, 15) is 4.79 Å². The van der Waals surface area contributed by atoms with Gasteiger partial charge in [-0.2, -0.15) is 0 Å². The second kappa shape index (κ2) is 6.77. The number of hydrogen-bond acceptors (Lipinski definition) is 2. The molecule has 0 atom stereocenters. The summed E-state index contributed by atoms with van der Waals surface area (Å²) >= 11 is 0. The van der Waals surface area contributed by atoms with Crippen LogP contribution in [0.15, 0.2) is 41.6 Å². The molecule has 3 heteroatoms. The second-order valence-electron chi connectivity index (χ2n) is 3.66. The number of aliphatic carboxylic acids is 1. The number of carbonyl (C=O) groups is 1. The highest BCUT2D eigenvalue weighted by molar-refractivity contribution is 5.97. The summed E-state index contributed by atoms with van der Waals surface area (Å²) < 4.78 is 0. The predicted octanol–water partition coefficient (Wildman–Crippen LogP) is 3.10. The minimum Gasteiger partial charge on any atom is -0.481 e.